The minimum absolute atomic E-state index is 0.0523. The lowest BCUT2D eigenvalue weighted by atomic mass is 9.94. The van der Waals surface area contributed by atoms with Crippen molar-refractivity contribution in [3.63, 3.8) is 0 Å². The molecule has 1 aromatic heterocycles. The van der Waals surface area contributed by atoms with Crippen molar-refractivity contribution >= 4 is 61.7 Å². The number of ketones is 1. The van der Waals surface area contributed by atoms with Crippen LogP contribution >= 0.6 is 39.1 Å². The zero-order valence-electron chi connectivity index (χ0n) is 17.4. The van der Waals surface area contributed by atoms with Gasteiger partial charge in [0.25, 0.3) is 0 Å². The Balaban J connectivity index is 2.19. The highest BCUT2D eigenvalue weighted by Gasteiger charge is 2.26. The molecule has 0 radical (unpaired) electrons. The Kier molecular flexibility index (Phi) is 7.68. The number of carbonyl (C=O) groups is 2. The van der Waals surface area contributed by atoms with E-state index >= 15 is 0 Å². The van der Waals surface area contributed by atoms with E-state index in [2.05, 4.69) is 26.2 Å². The fourth-order valence-corrected chi connectivity index (χ4v) is 4.17. The highest BCUT2D eigenvalue weighted by molar-refractivity contribution is 9.10. The van der Waals surface area contributed by atoms with E-state index in [1.165, 1.54) is 0 Å². The average molecular weight is 526 g/mol. The minimum atomic E-state index is -0.169. The molecule has 8 heteroatoms. The van der Waals surface area contributed by atoms with E-state index < -0.39 is 0 Å². The molecule has 1 atom stereocenters. The number of fused-ring (bicyclic) bond motifs is 1. The van der Waals surface area contributed by atoms with Gasteiger partial charge >= 0.3 is 0 Å². The Bertz CT molecular complexity index is 1130. The third kappa shape index (κ3) is 4.92. The summed E-state index contributed by atoms with van der Waals surface area (Å²) in [5.74, 6) is 0.0702. The summed E-state index contributed by atoms with van der Waals surface area (Å²) in [5, 5.41) is 4.24. The number of hydrogen-bond donors (Lipinski definition) is 2. The Morgan fingerprint density at radius 2 is 1.84 bits per heavy atom. The summed E-state index contributed by atoms with van der Waals surface area (Å²) in [6.45, 7) is 6.42. The van der Waals surface area contributed by atoms with Crippen LogP contribution in [0.25, 0.3) is 10.9 Å². The second-order valence-corrected chi connectivity index (χ2v) is 8.84. The monoisotopic (exact) mass is 524 g/mol. The molecule has 0 fully saturated rings. The summed E-state index contributed by atoms with van der Waals surface area (Å²) in [7, 11) is 0. The van der Waals surface area contributed by atoms with E-state index in [-0.39, 0.29) is 17.6 Å². The fourth-order valence-electron chi connectivity index (χ4n) is 3.46. The van der Waals surface area contributed by atoms with E-state index in [1.807, 2.05) is 26.0 Å². The number of nitrogens with one attached hydrogen (secondary N) is 2. The lowest BCUT2D eigenvalue weighted by Gasteiger charge is -2.15. The maximum atomic E-state index is 13.4. The number of carbonyl (C=O) groups excluding carboxylic acids is 2. The molecule has 0 saturated carbocycles. The first-order chi connectivity index (χ1) is 14.8. The number of hydrogen-bond acceptors (Lipinski definition) is 3. The Labute approximate surface area is 199 Å². The van der Waals surface area contributed by atoms with Crippen LogP contribution in [0.5, 0.6) is 5.75 Å². The lowest BCUT2D eigenvalue weighted by molar-refractivity contribution is -0.120. The predicted molar refractivity (Wildman–Crippen MR) is 129 cm³/mol. The number of amides is 1. The fraction of sp³-hybridized carbons (Fsp3) is 0.304. The van der Waals surface area contributed by atoms with Gasteiger partial charge in [-0.05, 0) is 42.8 Å². The number of aromatic amines is 1. The SMILES string of the molecule is CCOc1cc2c(C(C)CNC(=O)CC)c(C(=O)c3ccc(Br)cc3)[nH]c2c(Cl)c1Cl. The van der Waals surface area contributed by atoms with Gasteiger partial charge < -0.3 is 15.0 Å². The van der Waals surface area contributed by atoms with Crippen molar-refractivity contribution in [1.82, 2.24) is 10.3 Å². The van der Waals surface area contributed by atoms with Gasteiger partial charge in [-0.15, -0.1) is 0 Å². The van der Waals surface area contributed by atoms with Crippen LogP contribution in [0.2, 0.25) is 10.0 Å². The number of aromatic nitrogens is 1. The topological polar surface area (TPSA) is 71.2 Å². The first-order valence-corrected chi connectivity index (χ1v) is 11.6. The third-order valence-corrected chi connectivity index (χ3v) is 6.41. The number of H-pyrrole nitrogens is 1. The summed E-state index contributed by atoms with van der Waals surface area (Å²) >= 11 is 16.3. The summed E-state index contributed by atoms with van der Waals surface area (Å²) in [5.41, 5.74) is 2.29. The van der Waals surface area contributed by atoms with Gasteiger partial charge in [0.1, 0.15) is 10.8 Å². The maximum absolute atomic E-state index is 13.4. The number of ether oxygens (including phenoxy) is 1. The van der Waals surface area contributed by atoms with Crippen molar-refractivity contribution in [1.29, 1.82) is 0 Å². The number of benzene rings is 2. The van der Waals surface area contributed by atoms with Crippen LogP contribution in [-0.2, 0) is 4.79 Å². The molecule has 1 amide bonds. The van der Waals surface area contributed by atoms with Crippen LogP contribution in [0.1, 0.15) is 54.7 Å². The van der Waals surface area contributed by atoms with Gasteiger partial charge in [0.05, 0.1) is 22.8 Å². The standard InChI is InChI=1S/C23H23BrCl2N2O3/c1-4-17(29)27-11-12(3)18-15-10-16(31-5-2)19(25)20(26)21(15)28-22(18)23(30)13-6-8-14(24)9-7-13/h6-10,12,28H,4-5,11H2,1-3H3,(H,27,29). The van der Waals surface area contributed by atoms with Crippen molar-refractivity contribution in [3.8, 4) is 5.75 Å². The van der Waals surface area contributed by atoms with Crippen LogP contribution in [0, 0.1) is 0 Å². The smallest absolute Gasteiger partial charge is 0.219 e. The predicted octanol–water partition coefficient (Wildman–Crippen LogP) is 6.50. The summed E-state index contributed by atoms with van der Waals surface area (Å²) in [6, 6.07) is 8.95. The van der Waals surface area contributed by atoms with Gasteiger partial charge in [-0.25, -0.2) is 0 Å². The van der Waals surface area contributed by atoms with Crippen molar-refractivity contribution in [2.75, 3.05) is 13.2 Å². The molecule has 5 nitrogen and oxygen atoms in total. The second-order valence-electron chi connectivity index (χ2n) is 7.17. The van der Waals surface area contributed by atoms with Crippen molar-refractivity contribution in [3.05, 3.63) is 61.7 Å². The molecule has 0 aliphatic rings. The van der Waals surface area contributed by atoms with Gasteiger partial charge in [0.15, 0.2) is 0 Å². The third-order valence-electron chi connectivity index (χ3n) is 5.04. The molecule has 2 N–H and O–H groups in total. The molecule has 0 bridgehead atoms. The Morgan fingerprint density at radius 1 is 1.16 bits per heavy atom. The molecule has 3 aromatic rings. The van der Waals surface area contributed by atoms with Gasteiger partial charge in [-0.2, -0.15) is 0 Å². The molecule has 1 unspecified atom stereocenters. The number of halogens is 3. The van der Waals surface area contributed by atoms with Gasteiger partial charge in [0, 0.05) is 34.3 Å². The van der Waals surface area contributed by atoms with Crippen LogP contribution in [0.15, 0.2) is 34.8 Å². The van der Waals surface area contributed by atoms with Crippen LogP contribution in [-0.4, -0.2) is 29.8 Å². The first-order valence-electron chi connectivity index (χ1n) is 10.0. The molecule has 0 aliphatic carbocycles. The molecule has 2 aromatic carbocycles. The molecule has 164 valence electrons. The molecular formula is C23H23BrCl2N2O3. The average Bonchev–Trinajstić information content (AvgIpc) is 3.15. The van der Waals surface area contributed by atoms with E-state index in [4.69, 9.17) is 27.9 Å². The van der Waals surface area contributed by atoms with Crippen LogP contribution < -0.4 is 10.1 Å². The zero-order chi connectivity index (χ0) is 22.7. The largest absolute Gasteiger partial charge is 0.492 e. The molecule has 1 heterocycles. The molecule has 0 aliphatic heterocycles. The molecular weight excluding hydrogens is 503 g/mol. The Hall–Kier alpha value is -2.02. The maximum Gasteiger partial charge on any atom is 0.219 e. The van der Waals surface area contributed by atoms with Crippen molar-refractivity contribution < 1.29 is 14.3 Å². The highest BCUT2D eigenvalue weighted by atomic mass is 79.9. The summed E-state index contributed by atoms with van der Waals surface area (Å²) in [4.78, 5) is 28.4. The molecule has 0 saturated heterocycles. The van der Waals surface area contributed by atoms with E-state index in [0.717, 1.165) is 15.4 Å². The normalized spacial score (nSPS) is 12.1. The quantitative estimate of drug-likeness (QED) is 0.330. The van der Waals surface area contributed by atoms with Crippen molar-refractivity contribution in [2.45, 2.75) is 33.1 Å². The van der Waals surface area contributed by atoms with Crippen molar-refractivity contribution in [2.24, 2.45) is 0 Å². The molecule has 0 spiro atoms. The van der Waals surface area contributed by atoms with E-state index in [0.29, 0.717) is 52.1 Å². The summed E-state index contributed by atoms with van der Waals surface area (Å²) in [6.07, 6.45) is 0.390. The van der Waals surface area contributed by atoms with Gasteiger partial charge in [0.2, 0.25) is 11.7 Å². The zero-order valence-corrected chi connectivity index (χ0v) is 20.5. The minimum Gasteiger partial charge on any atom is -0.492 e. The van der Waals surface area contributed by atoms with E-state index in [9.17, 15) is 9.59 Å². The second kappa shape index (κ2) is 10.1. The molecule has 31 heavy (non-hydrogen) atoms. The van der Waals surface area contributed by atoms with Crippen LogP contribution in [0.3, 0.4) is 0 Å². The van der Waals surface area contributed by atoms with Gasteiger partial charge in [-0.1, -0.05) is 53.0 Å². The highest BCUT2D eigenvalue weighted by Crippen LogP contribution is 2.42. The first kappa shape index (κ1) is 23.6. The lowest BCUT2D eigenvalue weighted by Crippen LogP contribution is -2.27. The number of rotatable bonds is 8. The van der Waals surface area contributed by atoms with Crippen LogP contribution in [0.4, 0.5) is 0 Å². The van der Waals surface area contributed by atoms with Gasteiger partial charge in [-0.3, -0.25) is 9.59 Å². The Morgan fingerprint density at radius 3 is 2.45 bits per heavy atom. The van der Waals surface area contributed by atoms with E-state index in [1.54, 1.807) is 25.1 Å². The summed E-state index contributed by atoms with van der Waals surface area (Å²) < 4.78 is 6.54. The molecule has 3 rings (SSSR count).